The molecule has 1 saturated carbocycles. The Morgan fingerprint density at radius 1 is 1.21 bits per heavy atom. The maximum absolute atomic E-state index is 13.0. The molecule has 1 aromatic carbocycles. The van der Waals surface area contributed by atoms with Crippen molar-refractivity contribution in [3.63, 3.8) is 0 Å². The van der Waals surface area contributed by atoms with Crippen LogP contribution >= 0.6 is 0 Å². The Kier molecular flexibility index (Phi) is 6.00. The predicted molar refractivity (Wildman–Crippen MR) is 108 cm³/mol. The Morgan fingerprint density at radius 3 is 2.50 bits per heavy atom. The van der Waals surface area contributed by atoms with Crippen LogP contribution in [-0.2, 0) is 9.84 Å². The third kappa shape index (κ3) is 3.88. The zero-order valence-electron chi connectivity index (χ0n) is 16.3. The van der Waals surface area contributed by atoms with Gasteiger partial charge in [-0.2, -0.15) is 4.98 Å². The van der Waals surface area contributed by atoms with Gasteiger partial charge in [0.2, 0.25) is 15.7 Å². The first kappa shape index (κ1) is 20.3. The normalized spacial score (nSPS) is 15.0. The van der Waals surface area contributed by atoms with Crippen molar-refractivity contribution >= 4 is 20.9 Å². The summed E-state index contributed by atoms with van der Waals surface area (Å²) in [6, 6.07) is 8.37. The molecule has 8 heteroatoms. The number of aromatic amines is 1. The third-order valence-corrected chi connectivity index (χ3v) is 6.51. The summed E-state index contributed by atoms with van der Waals surface area (Å²) in [4.78, 5) is 12.2. The van der Waals surface area contributed by atoms with Crippen molar-refractivity contribution in [2.75, 3.05) is 7.05 Å². The van der Waals surface area contributed by atoms with Crippen LogP contribution in [0.3, 0.4) is 0 Å². The molecule has 0 aliphatic heterocycles. The van der Waals surface area contributed by atoms with Crippen LogP contribution in [0, 0.1) is 12.8 Å². The number of benzene rings is 1. The van der Waals surface area contributed by atoms with Crippen LogP contribution in [-0.4, -0.2) is 36.5 Å². The first-order chi connectivity index (χ1) is 13.5. The number of aryl methyl sites for hydroxylation is 1. The topological polar surface area (TPSA) is 111 Å². The van der Waals surface area contributed by atoms with E-state index in [0.717, 1.165) is 6.42 Å². The Balaban J connectivity index is 0.00000109. The molecule has 0 radical (unpaired) electrons. The molecule has 28 heavy (non-hydrogen) atoms. The third-order valence-electron chi connectivity index (χ3n) is 4.72. The molecular weight excluding hydrogens is 376 g/mol. The van der Waals surface area contributed by atoms with E-state index in [9.17, 15) is 8.42 Å². The summed E-state index contributed by atoms with van der Waals surface area (Å²) in [5.74, 6) is 1.48. The number of nitrogens with zero attached hydrogens (tertiary/aromatic N) is 2. The molecule has 2 aromatic heterocycles. The summed E-state index contributed by atoms with van der Waals surface area (Å²) in [5.41, 5.74) is 5.41. The number of nitrogens with two attached hydrogens (primary N) is 1. The van der Waals surface area contributed by atoms with Crippen LogP contribution in [0.5, 0.6) is 5.88 Å². The maximum atomic E-state index is 13.0. The number of sulfone groups is 1. The number of H-pyrrole nitrogens is 1. The van der Waals surface area contributed by atoms with Crippen molar-refractivity contribution in [1.29, 1.82) is 0 Å². The fourth-order valence-corrected chi connectivity index (χ4v) is 4.59. The summed E-state index contributed by atoms with van der Waals surface area (Å²) in [7, 11) is -2.17. The summed E-state index contributed by atoms with van der Waals surface area (Å²) < 4.78 is 32.1. The van der Waals surface area contributed by atoms with E-state index < -0.39 is 9.84 Å². The Morgan fingerprint density at radius 2 is 1.89 bits per heavy atom. The van der Waals surface area contributed by atoms with Crippen molar-refractivity contribution in [2.24, 2.45) is 11.7 Å². The molecule has 0 amide bonds. The number of nitrogens with one attached hydrogen (secondary N) is 1. The maximum Gasteiger partial charge on any atom is 0.242 e. The van der Waals surface area contributed by atoms with E-state index in [1.54, 1.807) is 37.3 Å². The van der Waals surface area contributed by atoms with E-state index in [2.05, 4.69) is 27.6 Å². The van der Waals surface area contributed by atoms with Crippen molar-refractivity contribution < 1.29 is 13.2 Å². The fraction of sp³-hybridized carbons (Fsp3) is 0.400. The molecule has 1 unspecified atom stereocenters. The van der Waals surface area contributed by atoms with Gasteiger partial charge in [-0.1, -0.05) is 25.1 Å². The highest BCUT2D eigenvalue weighted by molar-refractivity contribution is 7.91. The quantitative estimate of drug-likeness (QED) is 0.655. The highest BCUT2D eigenvalue weighted by Gasteiger charge is 2.33. The smallest absolute Gasteiger partial charge is 0.242 e. The zero-order chi connectivity index (χ0) is 20.3. The molecule has 1 fully saturated rings. The zero-order valence-corrected chi connectivity index (χ0v) is 17.2. The Labute approximate surface area is 165 Å². The SMILES string of the molecule is CCC(Oc1nc(C)nc2c(S(=O)(=O)c3ccccc3)c[nH]c12)C1CC1.CN. The van der Waals surface area contributed by atoms with Crippen LogP contribution in [0.2, 0.25) is 0 Å². The van der Waals surface area contributed by atoms with Gasteiger partial charge >= 0.3 is 0 Å². The minimum absolute atomic E-state index is 0.102. The molecule has 4 rings (SSSR count). The molecule has 3 N–H and O–H groups in total. The van der Waals surface area contributed by atoms with Gasteiger partial charge in [-0.25, -0.2) is 13.4 Å². The number of hydrogen-bond donors (Lipinski definition) is 2. The standard InChI is InChI=1S/C19H21N3O3S.CH5N/c1-3-15(13-9-10-13)25-19-18-17(21-12(2)22-19)16(11-20-18)26(23,24)14-7-5-4-6-8-14;1-2/h4-8,11,13,15,20H,3,9-10H2,1-2H3;2H2,1H3. The lowest BCUT2D eigenvalue weighted by Crippen LogP contribution is -2.19. The van der Waals surface area contributed by atoms with Gasteiger partial charge in [0.25, 0.3) is 0 Å². The van der Waals surface area contributed by atoms with Gasteiger partial charge in [0.1, 0.15) is 27.9 Å². The number of aromatic nitrogens is 3. The molecule has 3 aromatic rings. The second-order valence-electron chi connectivity index (χ2n) is 6.67. The highest BCUT2D eigenvalue weighted by Crippen LogP contribution is 2.38. The van der Waals surface area contributed by atoms with Crippen LogP contribution in [0.4, 0.5) is 0 Å². The number of rotatable bonds is 6. The van der Waals surface area contributed by atoms with Gasteiger partial charge in [-0.3, -0.25) is 0 Å². The summed E-state index contributed by atoms with van der Waals surface area (Å²) in [6.45, 7) is 3.84. The average Bonchev–Trinajstić information content (AvgIpc) is 3.46. The summed E-state index contributed by atoms with van der Waals surface area (Å²) in [5, 5.41) is 0. The molecule has 0 bridgehead atoms. The lowest BCUT2D eigenvalue weighted by molar-refractivity contribution is 0.168. The van der Waals surface area contributed by atoms with E-state index in [0.29, 0.717) is 28.7 Å². The highest BCUT2D eigenvalue weighted by atomic mass is 32.2. The van der Waals surface area contributed by atoms with Gasteiger partial charge in [0.15, 0.2) is 0 Å². The first-order valence-electron chi connectivity index (χ1n) is 9.41. The molecule has 150 valence electrons. The Hall–Kier alpha value is -2.45. The molecule has 0 saturated heterocycles. The van der Waals surface area contributed by atoms with Gasteiger partial charge in [0.05, 0.1) is 4.90 Å². The molecule has 2 heterocycles. The lowest BCUT2D eigenvalue weighted by Gasteiger charge is -2.16. The molecule has 1 atom stereocenters. The minimum Gasteiger partial charge on any atom is -0.472 e. The van der Waals surface area contributed by atoms with Crippen molar-refractivity contribution in [2.45, 2.75) is 49.0 Å². The average molecular weight is 403 g/mol. The van der Waals surface area contributed by atoms with E-state index in [-0.39, 0.29) is 15.9 Å². The molecular formula is C20H26N4O3S. The number of ether oxygens (including phenoxy) is 1. The number of hydrogen-bond acceptors (Lipinski definition) is 6. The van der Waals surface area contributed by atoms with Crippen molar-refractivity contribution in [1.82, 2.24) is 15.0 Å². The van der Waals surface area contributed by atoms with E-state index >= 15 is 0 Å². The monoisotopic (exact) mass is 402 g/mol. The molecule has 0 spiro atoms. The lowest BCUT2D eigenvalue weighted by atomic mass is 10.2. The first-order valence-corrected chi connectivity index (χ1v) is 10.9. The largest absolute Gasteiger partial charge is 0.472 e. The van der Waals surface area contributed by atoms with Gasteiger partial charge < -0.3 is 15.5 Å². The van der Waals surface area contributed by atoms with Gasteiger partial charge in [-0.05, 0) is 51.3 Å². The molecule has 7 nitrogen and oxygen atoms in total. The predicted octanol–water partition coefficient (Wildman–Crippen LogP) is 3.24. The second-order valence-corrected chi connectivity index (χ2v) is 8.59. The molecule has 1 aliphatic rings. The second kappa shape index (κ2) is 8.28. The van der Waals surface area contributed by atoms with E-state index in [4.69, 9.17) is 4.74 Å². The van der Waals surface area contributed by atoms with Crippen molar-refractivity contribution in [3.05, 3.63) is 42.4 Å². The van der Waals surface area contributed by atoms with E-state index in [1.165, 1.54) is 26.1 Å². The van der Waals surface area contributed by atoms with Crippen LogP contribution < -0.4 is 10.5 Å². The minimum atomic E-state index is -3.67. The van der Waals surface area contributed by atoms with Gasteiger partial charge in [0, 0.05) is 6.20 Å². The number of fused-ring (bicyclic) bond motifs is 1. The van der Waals surface area contributed by atoms with Crippen LogP contribution in [0.1, 0.15) is 32.0 Å². The summed E-state index contributed by atoms with van der Waals surface area (Å²) >= 11 is 0. The van der Waals surface area contributed by atoms with E-state index in [1.807, 2.05) is 0 Å². The van der Waals surface area contributed by atoms with Crippen molar-refractivity contribution in [3.8, 4) is 5.88 Å². The van der Waals surface area contributed by atoms with Crippen LogP contribution in [0.15, 0.2) is 46.3 Å². The Bertz CT molecular complexity index is 1040. The van der Waals surface area contributed by atoms with Gasteiger partial charge in [-0.15, -0.1) is 0 Å². The van der Waals surface area contributed by atoms with Crippen LogP contribution in [0.25, 0.3) is 11.0 Å². The fourth-order valence-electron chi connectivity index (χ4n) is 3.20. The molecule has 1 aliphatic carbocycles. The summed E-state index contributed by atoms with van der Waals surface area (Å²) in [6.07, 6.45) is 4.82.